The van der Waals surface area contributed by atoms with Crippen molar-refractivity contribution in [1.29, 1.82) is 0 Å². The van der Waals surface area contributed by atoms with E-state index in [-0.39, 0.29) is 0 Å². The number of benzene rings is 1. The SMILES string of the molecule is CCNC(=NCc1cccc(C)c1)NCc1cn2ccsc2n1. The van der Waals surface area contributed by atoms with E-state index < -0.39 is 0 Å². The topological polar surface area (TPSA) is 53.7 Å². The molecule has 5 nitrogen and oxygen atoms in total. The zero-order chi connectivity index (χ0) is 16.1. The van der Waals surface area contributed by atoms with Gasteiger partial charge in [0.15, 0.2) is 10.9 Å². The van der Waals surface area contributed by atoms with Crippen molar-refractivity contribution in [2.24, 2.45) is 4.99 Å². The number of nitrogens with zero attached hydrogens (tertiary/aromatic N) is 3. The van der Waals surface area contributed by atoms with Gasteiger partial charge in [0.1, 0.15) is 0 Å². The van der Waals surface area contributed by atoms with Crippen LogP contribution in [0.5, 0.6) is 0 Å². The van der Waals surface area contributed by atoms with Gasteiger partial charge in [-0.3, -0.25) is 4.40 Å². The predicted molar refractivity (Wildman–Crippen MR) is 95.9 cm³/mol. The van der Waals surface area contributed by atoms with Gasteiger partial charge in [0.2, 0.25) is 0 Å². The van der Waals surface area contributed by atoms with Crippen LogP contribution in [0, 0.1) is 6.92 Å². The van der Waals surface area contributed by atoms with Crippen molar-refractivity contribution >= 4 is 22.3 Å². The minimum atomic E-state index is 0.661. The third kappa shape index (κ3) is 4.10. The average molecular weight is 327 g/mol. The van der Waals surface area contributed by atoms with Crippen LogP contribution in [-0.2, 0) is 13.1 Å². The van der Waals surface area contributed by atoms with E-state index in [1.165, 1.54) is 11.1 Å². The standard InChI is InChI=1S/C17H21N5S/c1-3-18-16(19-10-14-6-4-5-13(2)9-14)20-11-15-12-22-7-8-23-17(22)21-15/h4-9,12H,3,10-11H2,1-2H3,(H2,18,19,20). The van der Waals surface area contributed by atoms with Crippen molar-refractivity contribution in [3.05, 3.63) is 58.9 Å². The van der Waals surface area contributed by atoms with Gasteiger partial charge in [0.25, 0.3) is 0 Å². The molecule has 6 heteroatoms. The Morgan fingerprint density at radius 3 is 3.04 bits per heavy atom. The minimum absolute atomic E-state index is 0.661. The molecule has 0 aliphatic heterocycles. The van der Waals surface area contributed by atoms with Gasteiger partial charge in [0, 0.05) is 24.3 Å². The van der Waals surface area contributed by atoms with Gasteiger partial charge >= 0.3 is 0 Å². The summed E-state index contributed by atoms with van der Waals surface area (Å²) in [6, 6.07) is 8.43. The molecule has 0 radical (unpaired) electrons. The molecule has 0 aliphatic carbocycles. The minimum Gasteiger partial charge on any atom is -0.357 e. The summed E-state index contributed by atoms with van der Waals surface area (Å²) in [5.41, 5.74) is 3.48. The number of hydrogen-bond acceptors (Lipinski definition) is 3. The van der Waals surface area contributed by atoms with Crippen LogP contribution in [-0.4, -0.2) is 21.9 Å². The molecule has 3 rings (SSSR count). The first-order valence-corrected chi connectivity index (χ1v) is 8.61. The number of hydrogen-bond donors (Lipinski definition) is 2. The summed E-state index contributed by atoms with van der Waals surface area (Å²) in [6.45, 7) is 6.32. The normalized spacial score (nSPS) is 11.8. The number of aryl methyl sites for hydroxylation is 1. The second-order valence-corrected chi connectivity index (χ2v) is 6.24. The largest absolute Gasteiger partial charge is 0.357 e. The highest BCUT2D eigenvalue weighted by molar-refractivity contribution is 7.15. The Morgan fingerprint density at radius 2 is 2.26 bits per heavy atom. The van der Waals surface area contributed by atoms with E-state index in [9.17, 15) is 0 Å². The molecular formula is C17H21N5S. The van der Waals surface area contributed by atoms with Gasteiger partial charge in [0.05, 0.1) is 18.8 Å². The number of aliphatic imine (C=N–C) groups is 1. The molecule has 0 amide bonds. The summed E-state index contributed by atoms with van der Waals surface area (Å²) >= 11 is 1.64. The number of imidazole rings is 1. The first kappa shape index (κ1) is 15.6. The van der Waals surface area contributed by atoms with Crippen molar-refractivity contribution in [3.8, 4) is 0 Å². The van der Waals surface area contributed by atoms with Crippen LogP contribution >= 0.6 is 11.3 Å². The number of nitrogens with one attached hydrogen (secondary N) is 2. The lowest BCUT2D eigenvalue weighted by atomic mass is 10.1. The molecule has 2 aromatic heterocycles. The Morgan fingerprint density at radius 1 is 1.35 bits per heavy atom. The van der Waals surface area contributed by atoms with Crippen molar-refractivity contribution in [3.63, 3.8) is 0 Å². The fraction of sp³-hybridized carbons (Fsp3) is 0.294. The van der Waals surface area contributed by atoms with E-state index in [1.54, 1.807) is 11.3 Å². The van der Waals surface area contributed by atoms with E-state index >= 15 is 0 Å². The monoisotopic (exact) mass is 327 g/mol. The van der Waals surface area contributed by atoms with E-state index in [4.69, 9.17) is 0 Å². The maximum absolute atomic E-state index is 4.64. The summed E-state index contributed by atoms with van der Waals surface area (Å²) in [5, 5.41) is 8.65. The summed E-state index contributed by atoms with van der Waals surface area (Å²) in [6.07, 6.45) is 4.07. The fourth-order valence-corrected chi connectivity index (χ4v) is 3.08. The molecule has 0 saturated heterocycles. The molecule has 0 fully saturated rings. The molecule has 0 bridgehead atoms. The van der Waals surface area contributed by atoms with Crippen LogP contribution < -0.4 is 10.6 Å². The lowest BCUT2D eigenvalue weighted by Crippen LogP contribution is -2.36. The van der Waals surface area contributed by atoms with Gasteiger partial charge in [-0.05, 0) is 19.4 Å². The number of rotatable bonds is 5. The predicted octanol–water partition coefficient (Wildman–Crippen LogP) is 2.96. The van der Waals surface area contributed by atoms with Crippen LogP contribution in [0.2, 0.25) is 0 Å². The average Bonchev–Trinajstić information content (AvgIpc) is 3.11. The lowest BCUT2D eigenvalue weighted by molar-refractivity contribution is 0.804. The summed E-state index contributed by atoms with van der Waals surface area (Å²) in [7, 11) is 0. The summed E-state index contributed by atoms with van der Waals surface area (Å²) in [5.74, 6) is 0.811. The van der Waals surface area contributed by atoms with Crippen molar-refractivity contribution in [2.45, 2.75) is 26.9 Å². The first-order chi connectivity index (χ1) is 11.2. The molecule has 1 aromatic carbocycles. The highest BCUT2D eigenvalue weighted by atomic mass is 32.1. The summed E-state index contributed by atoms with van der Waals surface area (Å²) < 4.78 is 2.04. The molecule has 0 saturated carbocycles. The van der Waals surface area contributed by atoms with E-state index in [1.807, 2.05) is 22.2 Å². The molecular weight excluding hydrogens is 306 g/mol. The molecule has 0 spiro atoms. The fourth-order valence-electron chi connectivity index (χ4n) is 2.36. The Hall–Kier alpha value is -2.34. The molecule has 3 aromatic rings. The second kappa shape index (κ2) is 7.28. The second-order valence-electron chi connectivity index (χ2n) is 5.36. The van der Waals surface area contributed by atoms with Gasteiger partial charge in [-0.25, -0.2) is 9.98 Å². The molecule has 2 N–H and O–H groups in total. The summed E-state index contributed by atoms with van der Waals surface area (Å²) in [4.78, 5) is 10.2. The van der Waals surface area contributed by atoms with Crippen LogP contribution in [0.1, 0.15) is 23.7 Å². The molecule has 2 heterocycles. The Kier molecular flexibility index (Phi) is 4.92. The molecule has 0 atom stereocenters. The lowest BCUT2D eigenvalue weighted by Gasteiger charge is -2.10. The number of fused-ring (bicyclic) bond motifs is 1. The van der Waals surface area contributed by atoms with E-state index in [0.29, 0.717) is 13.1 Å². The van der Waals surface area contributed by atoms with Gasteiger partial charge < -0.3 is 10.6 Å². The number of aromatic nitrogens is 2. The smallest absolute Gasteiger partial charge is 0.193 e. The van der Waals surface area contributed by atoms with Gasteiger partial charge in [-0.15, -0.1) is 11.3 Å². The quantitative estimate of drug-likeness (QED) is 0.559. The third-order valence-electron chi connectivity index (χ3n) is 3.43. The molecule has 120 valence electrons. The van der Waals surface area contributed by atoms with Crippen molar-refractivity contribution < 1.29 is 0 Å². The van der Waals surface area contributed by atoms with Gasteiger partial charge in [-0.2, -0.15) is 0 Å². The van der Waals surface area contributed by atoms with Crippen molar-refractivity contribution in [2.75, 3.05) is 6.54 Å². The molecule has 0 aliphatic rings. The van der Waals surface area contributed by atoms with E-state index in [0.717, 1.165) is 23.2 Å². The Bertz CT molecular complexity index is 774. The van der Waals surface area contributed by atoms with E-state index in [2.05, 4.69) is 58.7 Å². The Balaban J connectivity index is 1.63. The van der Waals surface area contributed by atoms with Crippen LogP contribution in [0.15, 0.2) is 47.0 Å². The third-order valence-corrected chi connectivity index (χ3v) is 4.20. The van der Waals surface area contributed by atoms with Crippen molar-refractivity contribution in [1.82, 2.24) is 20.0 Å². The van der Waals surface area contributed by atoms with Crippen LogP contribution in [0.4, 0.5) is 0 Å². The highest BCUT2D eigenvalue weighted by Gasteiger charge is 2.04. The maximum atomic E-state index is 4.64. The molecule has 0 unspecified atom stereocenters. The zero-order valence-corrected chi connectivity index (χ0v) is 14.2. The molecule has 23 heavy (non-hydrogen) atoms. The Labute approximate surface area is 140 Å². The first-order valence-electron chi connectivity index (χ1n) is 7.73. The van der Waals surface area contributed by atoms with Crippen LogP contribution in [0.3, 0.4) is 0 Å². The zero-order valence-electron chi connectivity index (χ0n) is 13.4. The maximum Gasteiger partial charge on any atom is 0.193 e. The number of thiazole rings is 1. The van der Waals surface area contributed by atoms with Crippen LogP contribution in [0.25, 0.3) is 4.96 Å². The number of guanidine groups is 1. The van der Waals surface area contributed by atoms with Gasteiger partial charge in [-0.1, -0.05) is 29.8 Å². The highest BCUT2D eigenvalue weighted by Crippen LogP contribution is 2.11.